The average Bonchev–Trinajstić information content (AvgIpc) is 3.21. The van der Waals surface area contributed by atoms with Crippen LogP contribution in [-0.4, -0.2) is 90.7 Å². The molecule has 10 heteroatoms. The number of urea groups is 1. The van der Waals surface area contributed by atoms with Crippen LogP contribution in [0.5, 0.6) is 0 Å². The number of benzene rings is 1. The van der Waals surface area contributed by atoms with Crippen molar-refractivity contribution in [3.63, 3.8) is 0 Å². The van der Waals surface area contributed by atoms with Crippen molar-refractivity contribution in [3.05, 3.63) is 29.8 Å². The Morgan fingerprint density at radius 2 is 1.71 bits per heavy atom. The highest BCUT2D eigenvalue weighted by atomic mass is 32.1. The number of amides is 4. The van der Waals surface area contributed by atoms with Crippen LogP contribution in [0.15, 0.2) is 24.3 Å². The molecule has 0 unspecified atom stereocenters. The highest BCUT2D eigenvalue weighted by Crippen LogP contribution is 2.36. The van der Waals surface area contributed by atoms with Crippen molar-refractivity contribution in [2.75, 3.05) is 51.1 Å². The Bertz CT molecular complexity index is 1060. The summed E-state index contributed by atoms with van der Waals surface area (Å²) < 4.78 is 6.30. The third-order valence-electron chi connectivity index (χ3n) is 6.55. The van der Waals surface area contributed by atoms with Crippen LogP contribution in [0, 0.1) is 0 Å². The molecule has 2 fully saturated rings. The topological polar surface area (TPSA) is 94.2 Å². The predicted molar refractivity (Wildman–Crippen MR) is 138 cm³/mol. The number of nitrogens with one attached hydrogen (secondary N) is 2. The van der Waals surface area contributed by atoms with E-state index in [0.29, 0.717) is 49.3 Å². The monoisotopic (exact) mass is 501 g/mol. The first kappa shape index (κ1) is 25.2. The van der Waals surface area contributed by atoms with E-state index in [1.165, 1.54) is 11.3 Å². The highest BCUT2D eigenvalue weighted by molar-refractivity contribution is 7.23. The smallest absolute Gasteiger partial charge is 0.410 e. The van der Waals surface area contributed by atoms with E-state index in [9.17, 15) is 14.4 Å². The van der Waals surface area contributed by atoms with Crippen LogP contribution in [-0.2, 0) is 4.74 Å². The van der Waals surface area contributed by atoms with Gasteiger partial charge < -0.3 is 19.9 Å². The van der Waals surface area contributed by atoms with Crippen molar-refractivity contribution in [2.24, 2.45) is 0 Å². The summed E-state index contributed by atoms with van der Waals surface area (Å²) in [6.07, 6.45) is 1.49. The number of anilines is 1. The van der Waals surface area contributed by atoms with E-state index in [1.807, 2.05) is 49.9 Å². The molecule has 2 aromatic rings. The van der Waals surface area contributed by atoms with E-state index in [1.54, 1.807) is 4.90 Å². The Kier molecular flexibility index (Phi) is 8.12. The molecule has 0 saturated carbocycles. The van der Waals surface area contributed by atoms with Gasteiger partial charge in [-0.3, -0.25) is 15.0 Å². The zero-order chi connectivity index (χ0) is 24.9. The lowest BCUT2D eigenvalue weighted by Gasteiger charge is -2.42. The van der Waals surface area contributed by atoms with Crippen LogP contribution >= 0.6 is 11.3 Å². The number of carbonyl (C=O) groups is 3. The van der Waals surface area contributed by atoms with Gasteiger partial charge >= 0.3 is 12.1 Å². The van der Waals surface area contributed by atoms with Gasteiger partial charge in [-0.1, -0.05) is 18.2 Å². The SMILES string of the molecule is CCNC(=O)Nc1sc2ccccc2c1C(=O)N1CCN(C2CCN(C(=O)OC(C)C)CC2)CC1. The zero-order valence-corrected chi connectivity index (χ0v) is 21.5. The second-order valence-corrected chi connectivity index (χ2v) is 10.3. The van der Waals surface area contributed by atoms with Gasteiger partial charge in [-0.05, 0) is 39.7 Å². The summed E-state index contributed by atoms with van der Waals surface area (Å²) in [5.41, 5.74) is 0.572. The molecule has 190 valence electrons. The van der Waals surface area contributed by atoms with Crippen molar-refractivity contribution in [2.45, 2.75) is 45.8 Å². The van der Waals surface area contributed by atoms with E-state index in [4.69, 9.17) is 4.74 Å². The van der Waals surface area contributed by atoms with E-state index >= 15 is 0 Å². The van der Waals surface area contributed by atoms with Gasteiger partial charge in [0.1, 0.15) is 5.00 Å². The van der Waals surface area contributed by atoms with E-state index in [2.05, 4.69) is 15.5 Å². The minimum atomic E-state index is -0.304. The third-order valence-corrected chi connectivity index (χ3v) is 7.64. The average molecular weight is 502 g/mol. The summed E-state index contributed by atoms with van der Waals surface area (Å²) in [5.74, 6) is -0.0415. The number of thiophene rings is 1. The quantitative estimate of drug-likeness (QED) is 0.650. The Morgan fingerprint density at radius 1 is 1.03 bits per heavy atom. The van der Waals surface area contributed by atoms with E-state index < -0.39 is 0 Å². The van der Waals surface area contributed by atoms with Crippen molar-refractivity contribution in [3.8, 4) is 0 Å². The summed E-state index contributed by atoms with van der Waals surface area (Å²) in [6, 6.07) is 7.88. The van der Waals surface area contributed by atoms with Crippen LogP contribution in [0.4, 0.5) is 14.6 Å². The molecule has 2 saturated heterocycles. The van der Waals surface area contributed by atoms with Crippen LogP contribution in [0.2, 0.25) is 0 Å². The molecular formula is C25H35N5O4S. The summed E-state index contributed by atoms with van der Waals surface area (Å²) in [5, 5.41) is 7.07. The highest BCUT2D eigenvalue weighted by Gasteiger charge is 2.32. The van der Waals surface area contributed by atoms with Gasteiger partial charge in [-0.2, -0.15) is 0 Å². The zero-order valence-electron chi connectivity index (χ0n) is 20.7. The van der Waals surface area contributed by atoms with Crippen molar-refractivity contribution < 1.29 is 19.1 Å². The lowest BCUT2D eigenvalue weighted by molar-refractivity contribution is 0.0360. The lowest BCUT2D eigenvalue weighted by atomic mass is 10.0. The first-order valence-corrected chi connectivity index (χ1v) is 13.2. The van der Waals surface area contributed by atoms with Gasteiger partial charge in [0.15, 0.2) is 0 Å². The van der Waals surface area contributed by atoms with Crippen molar-refractivity contribution >= 4 is 44.5 Å². The standard InChI is InChI=1S/C25H35N5O4S/c1-4-26-24(32)27-22-21(19-7-5-6-8-20(19)35-22)23(31)29-15-13-28(14-16-29)18-9-11-30(12-10-18)25(33)34-17(2)3/h5-8,17-18H,4,9-16H2,1-3H3,(H2,26,27,32). The molecule has 2 aliphatic rings. The number of ether oxygens (including phenoxy) is 1. The second-order valence-electron chi connectivity index (χ2n) is 9.27. The number of carbonyl (C=O) groups excluding carboxylic acids is 3. The number of rotatable bonds is 5. The molecule has 3 heterocycles. The van der Waals surface area contributed by atoms with E-state index in [-0.39, 0.29) is 24.1 Å². The van der Waals surface area contributed by atoms with Gasteiger partial charge in [0.2, 0.25) is 0 Å². The van der Waals surface area contributed by atoms with Crippen molar-refractivity contribution in [1.82, 2.24) is 20.0 Å². The molecule has 9 nitrogen and oxygen atoms in total. The molecule has 0 atom stereocenters. The summed E-state index contributed by atoms with van der Waals surface area (Å²) in [7, 11) is 0. The maximum absolute atomic E-state index is 13.6. The lowest BCUT2D eigenvalue weighted by Crippen LogP contribution is -2.54. The first-order valence-electron chi connectivity index (χ1n) is 12.4. The molecule has 2 aliphatic heterocycles. The molecular weight excluding hydrogens is 466 g/mol. The van der Waals surface area contributed by atoms with Crippen LogP contribution in [0.1, 0.15) is 44.0 Å². The molecule has 0 radical (unpaired) electrons. The summed E-state index contributed by atoms with van der Waals surface area (Å²) >= 11 is 1.43. The predicted octanol–water partition coefficient (Wildman–Crippen LogP) is 3.81. The number of nitrogens with zero attached hydrogens (tertiary/aromatic N) is 3. The number of hydrogen-bond donors (Lipinski definition) is 2. The minimum Gasteiger partial charge on any atom is -0.447 e. The molecule has 1 aromatic carbocycles. The molecule has 0 bridgehead atoms. The normalized spacial score (nSPS) is 17.6. The summed E-state index contributed by atoms with van der Waals surface area (Å²) in [4.78, 5) is 44.1. The molecule has 35 heavy (non-hydrogen) atoms. The third kappa shape index (κ3) is 5.87. The molecule has 0 aliphatic carbocycles. The van der Waals surface area contributed by atoms with Crippen LogP contribution < -0.4 is 10.6 Å². The number of fused-ring (bicyclic) bond motifs is 1. The molecule has 1 aromatic heterocycles. The fourth-order valence-corrected chi connectivity index (χ4v) is 5.88. The van der Waals surface area contributed by atoms with Crippen molar-refractivity contribution in [1.29, 1.82) is 0 Å². The molecule has 2 N–H and O–H groups in total. The Morgan fingerprint density at radius 3 is 2.37 bits per heavy atom. The fraction of sp³-hybridized carbons (Fsp3) is 0.560. The van der Waals surface area contributed by atoms with Gasteiger partial charge in [0, 0.05) is 61.9 Å². The largest absolute Gasteiger partial charge is 0.447 e. The Hall–Kier alpha value is -2.85. The van der Waals surface area contributed by atoms with Gasteiger partial charge in [0.25, 0.3) is 5.91 Å². The number of hydrogen-bond acceptors (Lipinski definition) is 6. The number of piperidine rings is 1. The molecule has 4 rings (SSSR count). The molecule has 0 spiro atoms. The maximum atomic E-state index is 13.6. The second kappa shape index (κ2) is 11.3. The summed E-state index contributed by atoms with van der Waals surface area (Å²) in [6.45, 7) is 10.4. The molecule has 4 amide bonds. The maximum Gasteiger partial charge on any atom is 0.410 e. The number of likely N-dealkylation sites (tertiary alicyclic amines) is 1. The van der Waals surface area contributed by atoms with Gasteiger partial charge in [-0.15, -0.1) is 11.3 Å². The Labute approximate surface area is 210 Å². The van der Waals surface area contributed by atoms with E-state index in [0.717, 1.165) is 36.0 Å². The van der Waals surface area contributed by atoms with Crippen LogP contribution in [0.3, 0.4) is 0 Å². The Balaban J connectivity index is 1.37. The first-order chi connectivity index (χ1) is 16.9. The minimum absolute atomic E-state index is 0.0415. The van der Waals surface area contributed by atoms with Gasteiger partial charge in [0.05, 0.1) is 11.7 Å². The van der Waals surface area contributed by atoms with Crippen LogP contribution in [0.25, 0.3) is 10.1 Å². The van der Waals surface area contributed by atoms with Gasteiger partial charge in [-0.25, -0.2) is 9.59 Å². The fourth-order valence-electron chi connectivity index (χ4n) is 4.79. The number of piperazine rings is 1.